The maximum absolute atomic E-state index is 12.1. The highest BCUT2D eigenvalue weighted by Gasteiger charge is 2.56. The second-order valence-electron chi connectivity index (χ2n) is 3.82. The molecule has 0 fully saturated rings. The summed E-state index contributed by atoms with van der Waals surface area (Å²) in [5, 5.41) is 9.06. The zero-order valence-corrected chi connectivity index (χ0v) is 7.08. The molecule has 0 saturated heterocycles. The van der Waals surface area contributed by atoms with E-state index in [2.05, 4.69) is 0 Å². The highest BCUT2D eigenvalue weighted by atomic mass is 19.4. The van der Waals surface area contributed by atoms with Crippen molar-refractivity contribution in [2.45, 2.75) is 39.5 Å². The molecule has 1 nitrogen and oxygen atoms in total. The minimum Gasteiger partial charge on any atom is -0.380 e. The molecule has 4 heteroatoms. The summed E-state index contributed by atoms with van der Waals surface area (Å²) in [5.74, 6) is 0. The lowest BCUT2D eigenvalue weighted by Gasteiger charge is -2.38. The van der Waals surface area contributed by atoms with E-state index in [1.807, 2.05) is 0 Å². The summed E-state index contributed by atoms with van der Waals surface area (Å²) < 4.78 is 36.2. The molecule has 0 aliphatic rings. The van der Waals surface area contributed by atoms with Gasteiger partial charge in [0, 0.05) is 0 Å². The van der Waals surface area contributed by atoms with Crippen LogP contribution < -0.4 is 0 Å². The lowest BCUT2D eigenvalue weighted by atomic mass is 9.77. The first-order valence-corrected chi connectivity index (χ1v) is 3.29. The van der Waals surface area contributed by atoms with Crippen LogP contribution in [0.4, 0.5) is 13.2 Å². The number of alkyl halides is 3. The van der Waals surface area contributed by atoms with E-state index in [9.17, 15) is 13.2 Å². The van der Waals surface area contributed by atoms with Gasteiger partial charge in [-0.05, 0) is 12.3 Å². The maximum atomic E-state index is 12.1. The van der Waals surface area contributed by atoms with Crippen LogP contribution in [0.3, 0.4) is 0 Å². The molecule has 0 bridgehead atoms. The Hall–Kier alpha value is -0.250. The van der Waals surface area contributed by atoms with Gasteiger partial charge < -0.3 is 5.11 Å². The van der Waals surface area contributed by atoms with Gasteiger partial charge in [-0.25, -0.2) is 0 Å². The fourth-order valence-corrected chi connectivity index (χ4v) is 0.425. The Morgan fingerprint density at radius 3 is 1.18 bits per heavy atom. The minimum absolute atomic E-state index is 0.785. The molecule has 11 heavy (non-hydrogen) atoms. The summed E-state index contributed by atoms with van der Waals surface area (Å²) in [6, 6.07) is 0. The van der Waals surface area contributed by atoms with Gasteiger partial charge in [-0.3, -0.25) is 0 Å². The fraction of sp³-hybridized carbons (Fsp3) is 1.00. The second kappa shape index (κ2) is 2.37. The van der Waals surface area contributed by atoms with Crippen LogP contribution in [0.1, 0.15) is 27.7 Å². The predicted molar refractivity (Wildman–Crippen MR) is 36.1 cm³/mol. The molecule has 0 aliphatic heterocycles. The van der Waals surface area contributed by atoms with Gasteiger partial charge in [-0.2, -0.15) is 13.2 Å². The van der Waals surface area contributed by atoms with E-state index in [0.29, 0.717) is 0 Å². The molecule has 0 rings (SSSR count). The average Bonchev–Trinajstić information content (AvgIpc) is 1.58. The van der Waals surface area contributed by atoms with Gasteiger partial charge in [-0.1, -0.05) is 20.8 Å². The molecule has 0 aromatic carbocycles. The number of halogens is 3. The van der Waals surface area contributed by atoms with Gasteiger partial charge in [-0.15, -0.1) is 0 Å². The Balaban J connectivity index is 4.75. The van der Waals surface area contributed by atoms with Crippen molar-refractivity contribution in [3.05, 3.63) is 0 Å². The van der Waals surface area contributed by atoms with Crippen molar-refractivity contribution in [1.29, 1.82) is 0 Å². The third-order valence-corrected chi connectivity index (χ3v) is 2.01. The standard InChI is InChI=1S/C7H13F3O/c1-5(2,3)6(4,11)7(8,9)10/h11H,1-4H3. The van der Waals surface area contributed by atoms with Crippen LogP contribution in [0.15, 0.2) is 0 Å². The van der Waals surface area contributed by atoms with Gasteiger partial charge in [0.05, 0.1) is 0 Å². The van der Waals surface area contributed by atoms with Crippen molar-refractivity contribution in [3.63, 3.8) is 0 Å². The van der Waals surface area contributed by atoms with Crippen LogP contribution in [0.2, 0.25) is 0 Å². The smallest absolute Gasteiger partial charge is 0.380 e. The molecule has 0 radical (unpaired) electrons. The normalized spacial score (nSPS) is 19.6. The van der Waals surface area contributed by atoms with Crippen molar-refractivity contribution in [2.24, 2.45) is 5.41 Å². The minimum atomic E-state index is -4.56. The topological polar surface area (TPSA) is 20.2 Å². The summed E-state index contributed by atoms with van der Waals surface area (Å²) in [7, 11) is 0. The molecule has 0 aromatic rings. The molecule has 1 unspecified atom stereocenters. The number of hydrogen-bond donors (Lipinski definition) is 1. The molecule has 0 amide bonds. The first kappa shape index (κ1) is 10.8. The third kappa shape index (κ3) is 1.86. The Labute approximate surface area is 64.2 Å². The molecule has 0 spiro atoms. The van der Waals surface area contributed by atoms with Gasteiger partial charge in [0.2, 0.25) is 0 Å². The van der Waals surface area contributed by atoms with Crippen LogP contribution in [0.5, 0.6) is 0 Å². The maximum Gasteiger partial charge on any atom is 0.417 e. The molecule has 68 valence electrons. The lowest BCUT2D eigenvalue weighted by molar-refractivity contribution is -0.286. The molecule has 0 saturated carbocycles. The fourth-order valence-electron chi connectivity index (χ4n) is 0.425. The van der Waals surface area contributed by atoms with Gasteiger partial charge in [0.15, 0.2) is 5.60 Å². The van der Waals surface area contributed by atoms with E-state index >= 15 is 0 Å². The van der Waals surface area contributed by atoms with E-state index < -0.39 is 17.2 Å². The van der Waals surface area contributed by atoms with Crippen molar-refractivity contribution in [1.82, 2.24) is 0 Å². The first-order valence-electron chi connectivity index (χ1n) is 3.29. The molecule has 1 atom stereocenters. The summed E-state index contributed by atoms with van der Waals surface area (Å²) in [6.45, 7) is 4.83. The van der Waals surface area contributed by atoms with Crippen molar-refractivity contribution in [3.8, 4) is 0 Å². The Kier molecular flexibility index (Phi) is 2.32. The highest BCUT2D eigenvalue weighted by Crippen LogP contribution is 2.42. The summed E-state index contributed by atoms with van der Waals surface area (Å²) in [5.41, 5.74) is -3.81. The quantitative estimate of drug-likeness (QED) is 0.591. The first-order chi connectivity index (χ1) is 4.50. The molecule has 0 heterocycles. The SMILES string of the molecule is CC(C)(C)C(C)(O)C(F)(F)F. The van der Waals surface area contributed by atoms with Crippen LogP contribution in [-0.2, 0) is 0 Å². The van der Waals surface area contributed by atoms with E-state index in [0.717, 1.165) is 6.92 Å². The van der Waals surface area contributed by atoms with E-state index in [1.54, 1.807) is 0 Å². The molecule has 0 aliphatic carbocycles. The van der Waals surface area contributed by atoms with E-state index in [4.69, 9.17) is 5.11 Å². The van der Waals surface area contributed by atoms with Gasteiger partial charge in [0.1, 0.15) is 0 Å². The second-order valence-corrected chi connectivity index (χ2v) is 3.82. The van der Waals surface area contributed by atoms with E-state index in [-0.39, 0.29) is 0 Å². The van der Waals surface area contributed by atoms with Crippen LogP contribution >= 0.6 is 0 Å². The average molecular weight is 170 g/mol. The summed E-state index contributed by atoms with van der Waals surface area (Å²) >= 11 is 0. The van der Waals surface area contributed by atoms with Crippen molar-refractivity contribution in [2.75, 3.05) is 0 Å². The van der Waals surface area contributed by atoms with Gasteiger partial charge >= 0.3 is 6.18 Å². The summed E-state index contributed by atoms with van der Waals surface area (Å²) in [6.07, 6.45) is -4.56. The number of aliphatic hydroxyl groups is 1. The molecule has 1 N–H and O–H groups in total. The van der Waals surface area contributed by atoms with Crippen molar-refractivity contribution >= 4 is 0 Å². The Morgan fingerprint density at radius 1 is 0.909 bits per heavy atom. The van der Waals surface area contributed by atoms with E-state index in [1.165, 1.54) is 20.8 Å². The number of hydrogen-bond acceptors (Lipinski definition) is 1. The lowest BCUT2D eigenvalue weighted by Crippen LogP contribution is -2.52. The van der Waals surface area contributed by atoms with Crippen LogP contribution in [0, 0.1) is 5.41 Å². The summed E-state index contributed by atoms with van der Waals surface area (Å²) in [4.78, 5) is 0. The molecular weight excluding hydrogens is 157 g/mol. The molecule has 0 aromatic heterocycles. The zero-order chi connectivity index (χ0) is 9.50. The van der Waals surface area contributed by atoms with Gasteiger partial charge in [0.25, 0.3) is 0 Å². The van der Waals surface area contributed by atoms with Crippen LogP contribution in [-0.4, -0.2) is 16.9 Å². The highest BCUT2D eigenvalue weighted by molar-refractivity contribution is 4.92. The largest absolute Gasteiger partial charge is 0.417 e. The van der Waals surface area contributed by atoms with Crippen LogP contribution in [0.25, 0.3) is 0 Å². The Bertz CT molecular complexity index is 125. The van der Waals surface area contributed by atoms with Crippen molar-refractivity contribution < 1.29 is 18.3 Å². The third-order valence-electron chi connectivity index (χ3n) is 2.01. The zero-order valence-electron chi connectivity index (χ0n) is 7.08. The number of rotatable bonds is 0. The monoisotopic (exact) mass is 170 g/mol. The predicted octanol–water partition coefficient (Wildman–Crippen LogP) is 2.35. The Morgan fingerprint density at radius 2 is 1.18 bits per heavy atom. The molecular formula is C7H13F3O.